The molecule has 700 valence electrons. The third-order valence-electron chi connectivity index (χ3n) is 26.2. The second-order valence-corrected chi connectivity index (χ2v) is 41.2. The molecule has 12 aromatic heterocycles. The van der Waals surface area contributed by atoms with E-state index in [1.807, 2.05) is 46.4 Å². The number of nitrogens with zero attached hydrogens (tertiary/aromatic N) is 24. The van der Waals surface area contributed by atoms with Gasteiger partial charge in [0.05, 0.1) is 6.04 Å². The van der Waals surface area contributed by atoms with E-state index in [4.69, 9.17) is 45.5 Å². The van der Waals surface area contributed by atoms with Crippen molar-refractivity contribution in [1.29, 1.82) is 0 Å². The van der Waals surface area contributed by atoms with Gasteiger partial charge in [0.1, 0.15) is 134 Å². The molecule has 4 aliphatic heterocycles. The summed E-state index contributed by atoms with van der Waals surface area (Å²) in [6, 6.07) is 20.9. The van der Waals surface area contributed by atoms with Gasteiger partial charge in [-0.2, -0.15) is 19.9 Å². The second kappa shape index (κ2) is 35.5. The molecule has 0 amide bonds. The molecule has 21 rings (SSSR count). The van der Waals surface area contributed by atoms with Crippen LogP contribution in [0.5, 0.6) is 0 Å². The van der Waals surface area contributed by atoms with Crippen LogP contribution in [0.3, 0.4) is 0 Å². The van der Waals surface area contributed by atoms with Crippen molar-refractivity contribution in [2.24, 2.45) is 40.5 Å². The zero-order valence-corrected chi connectivity index (χ0v) is 78.2. The third-order valence-corrected chi connectivity index (χ3v) is 29.8. The van der Waals surface area contributed by atoms with E-state index in [0.717, 1.165) is 213 Å². The van der Waals surface area contributed by atoms with E-state index in [2.05, 4.69) is 176 Å². The number of nitrogens with two attached hydrogens (primary N) is 4. The highest BCUT2D eigenvalue weighted by Gasteiger charge is 2.52. The van der Waals surface area contributed by atoms with Crippen molar-refractivity contribution in [2.45, 2.75) is 216 Å². The maximum atomic E-state index is 11.5. The van der Waals surface area contributed by atoms with Gasteiger partial charge < -0.3 is 21.3 Å². The second-order valence-electron chi connectivity index (χ2n) is 34.9. The summed E-state index contributed by atoms with van der Waals surface area (Å²) in [7, 11) is -5.89. The average Bonchev–Trinajstić information content (AvgIpc) is 1.57. The molecule has 133 heavy (non-hydrogen) atoms. The van der Waals surface area contributed by atoms with Crippen LogP contribution < -0.4 is 83.6 Å². The molecule has 5 aliphatic carbocycles. The summed E-state index contributed by atoms with van der Waals surface area (Å²) < 4.78 is 101. The number of hydrazine groups is 4. The predicted molar refractivity (Wildman–Crippen MR) is 510 cm³/mol. The standard InChI is InChI=1S/C22H27N9O2S.C22H29N9O2S.C21H27N9O2S.C20H25N9O2S/c1-24-20-22(9-3-2-4-10-22)30-18(31(29-20)15-5-6-15)11-14-12-26-21(28-19(14)30)27-17-8-7-16(13-25-17)34(23,32)33;1-14(2)31-18-11-15-12-26-21(27-17-8-7-16(13-25-17)34(23,32)33)28-19(15)30(18)22(20(24-3)29-31)9-5-4-6-10-22;1-3-29-17-11-14-12-25-20(26-16-8-7-15(13-24-16)33(22,31)32)27-18(14)30(17)21(19(23-2)28-29)9-5-4-6-10-21;1-22-18-20(8-4-3-5-9-20)29-16(28(2)27-18)10-13-11-24-19(26-17(13)29)25-15-7-6-14(12-23-15)32(21,30)31/h7-8,11-13,15H,2-6,9-10H2,1H3,(H,24,29)(H2,23,32,33)(H,25,26,27,28);7-8,11-14H,4-6,9-10H2,1-3H3,(H,24,29)(H2,23,32,33)(H,25,26,27,28);7-8,11-13H,3-6,9-10H2,1-2H3,(H,23,28)(H2,22,31,32)(H,24,25,26,27);6-7,10-12H,3-5,8-9H2,1-2H3,(H,22,27)(H2,21,30,31)(H,23,24,25,26). The number of primary sulfonamides is 4. The Morgan fingerprint density at radius 1 is 0.376 bits per heavy atom. The number of amidine groups is 4. The topological polar surface area (TPSA) is 574 Å². The largest absolute Gasteiger partial charge is 0.309 e. The van der Waals surface area contributed by atoms with Gasteiger partial charge in [0.15, 0.2) is 0 Å². The maximum Gasteiger partial charge on any atom is 0.239 e. The molecular weight excluding hydrogens is 1780 g/mol. The minimum absolute atomic E-state index is 0.0478. The van der Waals surface area contributed by atoms with E-state index >= 15 is 0 Å². The number of fused-ring (bicyclic) bond motifs is 16. The first-order chi connectivity index (χ1) is 63.8. The Hall–Kier alpha value is -13.0. The minimum Gasteiger partial charge on any atom is -0.309 e. The lowest BCUT2D eigenvalue weighted by molar-refractivity contribution is 0.267. The van der Waals surface area contributed by atoms with Crippen molar-refractivity contribution in [3.05, 3.63) is 122 Å². The fourth-order valence-electron chi connectivity index (χ4n) is 19.8. The van der Waals surface area contributed by atoms with Crippen LogP contribution in [0.2, 0.25) is 0 Å². The van der Waals surface area contributed by atoms with Gasteiger partial charge in [0.25, 0.3) is 0 Å². The summed E-state index contributed by atoms with van der Waals surface area (Å²) in [4.78, 5) is 72.2. The van der Waals surface area contributed by atoms with Gasteiger partial charge in [0, 0.05) is 119 Å². The Morgan fingerprint density at radius 3 is 0.962 bits per heavy atom. The molecule has 44 nitrogen and oxygen atoms in total. The monoisotopic (exact) mass is 1890 g/mol. The third kappa shape index (κ3) is 17.2. The van der Waals surface area contributed by atoms with Crippen molar-refractivity contribution in [3.8, 4) is 0 Å². The number of anilines is 12. The van der Waals surface area contributed by atoms with Crippen molar-refractivity contribution in [2.75, 3.05) is 83.1 Å². The number of sulfonamides is 4. The lowest BCUT2D eigenvalue weighted by atomic mass is 9.79. The summed E-state index contributed by atoms with van der Waals surface area (Å²) in [6.07, 6.45) is 36.2. The molecule has 16 N–H and O–H groups in total. The summed E-state index contributed by atoms with van der Waals surface area (Å²) >= 11 is 0. The van der Waals surface area contributed by atoms with E-state index in [1.165, 1.54) is 92.9 Å². The van der Waals surface area contributed by atoms with Crippen LogP contribution in [-0.4, -0.2) is 189 Å². The fourth-order valence-corrected chi connectivity index (χ4v) is 21.7. The minimum atomic E-state index is -3.81. The van der Waals surface area contributed by atoms with Crippen LogP contribution in [-0.2, 0) is 62.2 Å². The molecule has 0 bridgehead atoms. The molecule has 4 spiro atoms. The summed E-state index contributed by atoms with van der Waals surface area (Å²) in [5.74, 6) is 11.3. The first-order valence-corrected chi connectivity index (χ1v) is 50.6. The SMILES string of the molecule is CCN1NC(=NC)C2(CCCCC2)n2c1cc1cnc(Nc3ccc(S(N)(=O)=O)cn3)nc12.CN=C1NN(C(C)C)c2cc3cnc(Nc4ccc(S(N)(=O)=O)cn4)nc3n2C12CCCCC2.CN=C1NN(C)c2cc3cnc(Nc4ccc(S(N)(=O)=O)cn4)nc3n2C12CCCCC2.CN=C1NN(C2CC2)c2cc3cnc(Nc4ccc(S(N)(=O)=O)cn4)nc3n2C12CCCCC2. The van der Waals surface area contributed by atoms with Crippen LogP contribution in [0.4, 0.5) is 70.3 Å². The van der Waals surface area contributed by atoms with Crippen molar-refractivity contribution in [3.63, 3.8) is 0 Å². The van der Waals surface area contributed by atoms with Crippen molar-refractivity contribution < 1.29 is 33.7 Å². The van der Waals surface area contributed by atoms with E-state index in [0.29, 0.717) is 53.1 Å². The molecule has 0 saturated heterocycles. The Bertz CT molecular complexity index is 6850. The van der Waals surface area contributed by atoms with Gasteiger partial charge in [-0.15, -0.1) is 0 Å². The number of aliphatic imine (C=N–C) groups is 4. The summed E-state index contributed by atoms with van der Waals surface area (Å²) in [5.41, 5.74) is 16.4. The summed E-state index contributed by atoms with van der Waals surface area (Å²) in [6.45, 7) is 7.13. The molecule has 16 heterocycles. The Morgan fingerprint density at radius 2 is 0.662 bits per heavy atom. The lowest BCUT2D eigenvalue weighted by Gasteiger charge is -2.49. The van der Waals surface area contributed by atoms with Gasteiger partial charge in [-0.05, 0) is 158 Å². The van der Waals surface area contributed by atoms with Crippen LogP contribution >= 0.6 is 0 Å². The summed E-state index contributed by atoms with van der Waals surface area (Å²) in [5, 5.41) is 45.1. The number of pyridine rings is 4. The highest BCUT2D eigenvalue weighted by Crippen LogP contribution is 2.51. The van der Waals surface area contributed by atoms with Gasteiger partial charge in [0.2, 0.25) is 63.9 Å². The van der Waals surface area contributed by atoms with Crippen LogP contribution in [0.25, 0.3) is 44.1 Å². The predicted octanol–water partition coefficient (Wildman–Crippen LogP) is 9.14. The van der Waals surface area contributed by atoms with Crippen molar-refractivity contribution >= 4 is 178 Å². The molecule has 5 fully saturated rings. The number of nitrogens with one attached hydrogen (secondary N) is 8. The Balaban J connectivity index is 0.000000119. The Labute approximate surface area is 768 Å². The Kier molecular flexibility index (Phi) is 24.2. The molecule has 0 aromatic carbocycles. The van der Waals surface area contributed by atoms with Gasteiger partial charge in [-0.1, -0.05) is 77.0 Å². The number of hydrogen-bond acceptors (Lipinski definition) is 32. The molecule has 9 aliphatic rings. The number of aromatic nitrogens is 16. The maximum absolute atomic E-state index is 11.5. The van der Waals surface area contributed by atoms with Crippen LogP contribution in [0.15, 0.2) is 162 Å². The number of rotatable bonds is 15. The average molecular weight is 1890 g/mol. The molecule has 48 heteroatoms. The smallest absolute Gasteiger partial charge is 0.239 e. The van der Waals surface area contributed by atoms with E-state index < -0.39 is 40.1 Å². The molecule has 5 saturated carbocycles. The molecule has 0 radical (unpaired) electrons. The fraction of sp³-hybridized carbons (Fsp3) is 0.435. The molecule has 0 unspecified atom stereocenters. The highest BCUT2D eigenvalue weighted by atomic mass is 32.2. The molecular formula is C85H108N36O8S4. The van der Waals surface area contributed by atoms with Crippen LogP contribution in [0.1, 0.15) is 162 Å². The first kappa shape index (κ1) is 90.5. The quantitative estimate of drug-likeness (QED) is 0.0455. The molecule has 12 aromatic rings. The number of hydrogen-bond donors (Lipinski definition) is 12. The highest BCUT2D eigenvalue weighted by molar-refractivity contribution is 7.90. The van der Waals surface area contributed by atoms with Gasteiger partial charge in [-0.25, -0.2) is 94.1 Å². The zero-order chi connectivity index (χ0) is 93.3. The first-order valence-electron chi connectivity index (χ1n) is 44.4. The van der Waals surface area contributed by atoms with Gasteiger partial charge >= 0.3 is 0 Å². The van der Waals surface area contributed by atoms with Crippen LogP contribution in [0, 0.1) is 0 Å². The van der Waals surface area contributed by atoms with E-state index in [9.17, 15) is 33.7 Å². The van der Waals surface area contributed by atoms with E-state index in [-0.39, 0.29) is 47.8 Å². The van der Waals surface area contributed by atoms with E-state index in [1.54, 1.807) is 24.7 Å². The lowest BCUT2D eigenvalue weighted by Crippen LogP contribution is -2.62. The van der Waals surface area contributed by atoms with Gasteiger partial charge in [-0.3, -0.25) is 80.0 Å². The van der Waals surface area contributed by atoms with Crippen molar-refractivity contribution in [1.82, 2.24) is 99.8 Å². The zero-order valence-electron chi connectivity index (χ0n) is 74.9. The normalized spacial score (nSPS) is 19.6. The molecule has 0 atom stereocenters.